The molecule has 0 N–H and O–H groups in total. The third-order valence-corrected chi connectivity index (χ3v) is 2.37. The van der Waals surface area contributed by atoms with Gasteiger partial charge in [0.25, 0.3) is 0 Å². The highest BCUT2D eigenvalue weighted by Crippen LogP contribution is 2.14. The number of allylic oxidation sites excluding steroid dienone is 1. The summed E-state index contributed by atoms with van der Waals surface area (Å²) < 4.78 is 4.98. The van der Waals surface area contributed by atoms with E-state index in [1.54, 1.807) is 12.2 Å². The van der Waals surface area contributed by atoms with Crippen LogP contribution in [0.3, 0.4) is 0 Å². The van der Waals surface area contributed by atoms with E-state index in [1.807, 2.05) is 0 Å². The number of carbonyl (C=O) groups is 1. The Balaban J connectivity index is 3.95. The van der Waals surface area contributed by atoms with Crippen LogP contribution in [0.5, 0.6) is 0 Å². The fourth-order valence-corrected chi connectivity index (χ4v) is 1.44. The van der Waals surface area contributed by atoms with E-state index < -0.39 is 0 Å². The highest BCUT2D eigenvalue weighted by atomic mass is 79.9. The van der Waals surface area contributed by atoms with E-state index >= 15 is 0 Å². The molecule has 0 fully saturated rings. The lowest BCUT2D eigenvalue weighted by Gasteiger charge is -2.12. The van der Waals surface area contributed by atoms with Gasteiger partial charge in [-0.25, -0.2) is 0 Å². The van der Waals surface area contributed by atoms with Gasteiger partial charge >= 0.3 is 5.97 Å². The zero-order valence-electron chi connectivity index (χ0n) is 8.38. The van der Waals surface area contributed by atoms with Crippen LogP contribution in [0, 0.1) is 5.92 Å². The van der Waals surface area contributed by atoms with Crippen LogP contribution in [-0.2, 0) is 9.53 Å². The monoisotopic (exact) mass is 260 g/mol. The van der Waals surface area contributed by atoms with E-state index in [0.717, 1.165) is 18.2 Å². The fraction of sp³-hybridized carbons (Fsp3) is 0.545. The molecule has 1 atom stereocenters. The van der Waals surface area contributed by atoms with Crippen molar-refractivity contribution in [3.8, 4) is 0 Å². The molecule has 0 aliphatic rings. The first kappa shape index (κ1) is 13.4. The van der Waals surface area contributed by atoms with E-state index in [9.17, 15) is 4.79 Å². The Labute approximate surface area is 94.2 Å². The second kappa shape index (κ2) is 9.00. The van der Waals surface area contributed by atoms with E-state index in [-0.39, 0.29) is 11.9 Å². The minimum atomic E-state index is -0.147. The zero-order valence-corrected chi connectivity index (χ0v) is 9.96. The SMILES string of the molecule is C=CCOC(=O)C(CC=C)CCCBr. The largest absolute Gasteiger partial charge is 0.461 e. The number of esters is 1. The summed E-state index contributed by atoms with van der Waals surface area (Å²) in [5.41, 5.74) is 0. The van der Waals surface area contributed by atoms with Gasteiger partial charge in [-0.3, -0.25) is 4.79 Å². The topological polar surface area (TPSA) is 26.3 Å². The Morgan fingerprint density at radius 3 is 2.64 bits per heavy atom. The first-order chi connectivity index (χ1) is 6.76. The number of hydrogen-bond acceptors (Lipinski definition) is 2. The number of hydrogen-bond donors (Lipinski definition) is 0. The van der Waals surface area contributed by atoms with Crippen molar-refractivity contribution < 1.29 is 9.53 Å². The summed E-state index contributed by atoms with van der Waals surface area (Å²) in [4.78, 5) is 11.5. The van der Waals surface area contributed by atoms with Gasteiger partial charge < -0.3 is 4.74 Å². The van der Waals surface area contributed by atoms with Crippen LogP contribution in [-0.4, -0.2) is 17.9 Å². The average Bonchev–Trinajstić information content (AvgIpc) is 2.20. The Morgan fingerprint density at radius 1 is 1.43 bits per heavy atom. The van der Waals surface area contributed by atoms with Gasteiger partial charge in [-0.05, 0) is 19.3 Å². The summed E-state index contributed by atoms with van der Waals surface area (Å²) in [5.74, 6) is -0.198. The molecule has 2 nitrogen and oxygen atoms in total. The first-order valence-electron chi connectivity index (χ1n) is 4.70. The molecule has 0 aromatic carbocycles. The standard InChI is InChI=1S/C11H17BrO2/c1-3-6-10(7-5-8-12)11(13)14-9-4-2/h3-4,10H,1-2,5-9H2. The van der Waals surface area contributed by atoms with E-state index in [4.69, 9.17) is 4.74 Å². The molecule has 3 heteroatoms. The van der Waals surface area contributed by atoms with Crippen molar-refractivity contribution in [1.82, 2.24) is 0 Å². The first-order valence-corrected chi connectivity index (χ1v) is 5.82. The second-order valence-electron chi connectivity index (χ2n) is 2.97. The molecule has 80 valence electrons. The van der Waals surface area contributed by atoms with Gasteiger partial charge in [0.15, 0.2) is 0 Å². The van der Waals surface area contributed by atoms with Crippen LogP contribution < -0.4 is 0 Å². The van der Waals surface area contributed by atoms with Gasteiger partial charge in [0.05, 0.1) is 5.92 Å². The maximum Gasteiger partial charge on any atom is 0.309 e. The van der Waals surface area contributed by atoms with Crippen LogP contribution in [0.25, 0.3) is 0 Å². The molecule has 0 aliphatic carbocycles. The number of ether oxygens (including phenoxy) is 1. The number of carbonyl (C=O) groups excluding carboxylic acids is 1. The highest BCUT2D eigenvalue weighted by molar-refractivity contribution is 9.09. The van der Waals surface area contributed by atoms with Crippen molar-refractivity contribution in [2.45, 2.75) is 19.3 Å². The molecule has 1 unspecified atom stereocenters. The van der Waals surface area contributed by atoms with Crippen molar-refractivity contribution in [2.24, 2.45) is 5.92 Å². The molecule has 0 aliphatic heterocycles. The van der Waals surface area contributed by atoms with Gasteiger partial charge in [0, 0.05) is 5.33 Å². The maximum absolute atomic E-state index is 11.5. The molecule has 0 aromatic rings. The van der Waals surface area contributed by atoms with Crippen LogP contribution in [0.4, 0.5) is 0 Å². The van der Waals surface area contributed by atoms with Crippen LogP contribution in [0.15, 0.2) is 25.3 Å². The van der Waals surface area contributed by atoms with Crippen molar-refractivity contribution in [1.29, 1.82) is 0 Å². The lowest BCUT2D eigenvalue weighted by Crippen LogP contribution is -2.17. The molecular weight excluding hydrogens is 244 g/mol. The zero-order chi connectivity index (χ0) is 10.8. The van der Waals surface area contributed by atoms with Crippen molar-refractivity contribution >= 4 is 21.9 Å². The molecule has 0 bridgehead atoms. The minimum absolute atomic E-state index is 0.0509. The summed E-state index contributed by atoms with van der Waals surface area (Å²) in [6, 6.07) is 0. The molecule has 0 heterocycles. The van der Waals surface area contributed by atoms with E-state index in [1.165, 1.54) is 0 Å². The lowest BCUT2D eigenvalue weighted by molar-refractivity contribution is -0.147. The summed E-state index contributed by atoms with van der Waals surface area (Å²) >= 11 is 3.34. The number of alkyl halides is 1. The molecular formula is C11H17BrO2. The summed E-state index contributed by atoms with van der Waals surface area (Å²) in [7, 11) is 0. The number of rotatable bonds is 8. The summed E-state index contributed by atoms with van der Waals surface area (Å²) in [6.45, 7) is 7.42. The van der Waals surface area contributed by atoms with Gasteiger partial charge in [0.1, 0.15) is 6.61 Å². The number of halogens is 1. The minimum Gasteiger partial charge on any atom is -0.461 e. The average molecular weight is 261 g/mol. The summed E-state index contributed by atoms with van der Waals surface area (Å²) in [5, 5.41) is 0.912. The van der Waals surface area contributed by atoms with E-state index in [0.29, 0.717) is 13.0 Å². The summed E-state index contributed by atoms with van der Waals surface area (Å²) in [6.07, 6.45) is 5.83. The highest BCUT2D eigenvalue weighted by Gasteiger charge is 2.17. The van der Waals surface area contributed by atoms with Gasteiger partial charge in [-0.2, -0.15) is 0 Å². The van der Waals surface area contributed by atoms with Crippen LogP contribution in [0.2, 0.25) is 0 Å². The third kappa shape index (κ3) is 5.97. The Bertz CT molecular complexity index is 190. The van der Waals surface area contributed by atoms with E-state index in [2.05, 4.69) is 29.1 Å². The van der Waals surface area contributed by atoms with Gasteiger partial charge in [-0.15, -0.1) is 6.58 Å². The predicted octanol–water partition coefficient (Wildman–Crippen LogP) is 3.08. The smallest absolute Gasteiger partial charge is 0.309 e. The van der Waals surface area contributed by atoms with Crippen LogP contribution in [0.1, 0.15) is 19.3 Å². The van der Waals surface area contributed by atoms with Crippen LogP contribution >= 0.6 is 15.9 Å². The van der Waals surface area contributed by atoms with Gasteiger partial charge in [-0.1, -0.05) is 34.7 Å². The van der Waals surface area contributed by atoms with Gasteiger partial charge in [0.2, 0.25) is 0 Å². The molecule has 0 saturated heterocycles. The maximum atomic E-state index is 11.5. The molecule has 0 spiro atoms. The quantitative estimate of drug-likeness (QED) is 0.381. The Morgan fingerprint density at radius 2 is 2.14 bits per heavy atom. The third-order valence-electron chi connectivity index (χ3n) is 1.81. The van der Waals surface area contributed by atoms with Crippen molar-refractivity contribution in [3.05, 3.63) is 25.3 Å². The molecule has 0 rings (SSSR count). The fourth-order valence-electron chi connectivity index (χ4n) is 1.12. The lowest BCUT2D eigenvalue weighted by atomic mass is 10.0. The second-order valence-corrected chi connectivity index (χ2v) is 3.76. The predicted molar refractivity (Wildman–Crippen MR) is 62.5 cm³/mol. The molecule has 0 amide bonds. The molecule has 0 radical (unpaired) electrons. The Hall–Kier alpha value is -0.570. The normalized spacial score (nSPS) is 11.8. The molecule has 14 heavy (non-hydrogen) atoms. The Kier molecular flexibility index (Phi) is 8.64. The van der Waals surface area contributed by atoms with Crippen molar-refractivity contribution in [3.63, 3.8) is 0 Å². The molecule has 0 saturated carbocycles. The molecule has 0 aromatic heterocycles. The van der Waals surface area contributed by atoms with Crippen molar-refractivity contribution in [2.75, 3.05) is 11.9 Å².